The molecular weight excluding hydrogens is 474 g/mol. The highest BCUT2D eigenvalue weighted by Gasteiger charge is 2.05. The lowest BCUT2D eigenvalue weighted by atomic mass is 10.2. The average molecular weight is 496 g/mol. The maximum atomic E-state index is 12.1. The smallest absolute Gasteiger partial charge is 0.271 e. The van der Waals surface area contributed by atoms with Gasteiger partial charge >= 0.3 is 0 Å². The van der Waals surface area contributed by atoms with Gasteiger partial charge in [-0.2, -0.15) is 5.10 Å². The zero-order chi connectivity index (χ0) is 22.8. The summed E-state index contributed by atoms with van der Waals surface area (Å²) in [5, 5.41) is 6.73. The summed E-state index contributed by atoms with van der Waals surface area (Å²) in [5.41, 5.74) is 4.42. The van der Waals surface area contributed by atoms with Crippen LogP contribution in [0.4, 0.5) is 5.69 Å². The molecule has 2 amide bonds. The van der Waals surface area contributed by atoms with E-state index in [1.807, 2.05) is 13.0 Å². The summed E-state index contributed by atoms with van der Waals surface area (Å²) >= 11 is 3.33. The number of carbonyl (C=O) groups is 2. The van der Waals surface area contributed by atoms with Gasteiger partial charge in [0.15, 0.2) is 6.61 Å². The van der Waals surface area contributed by atoms with Crippen molar-refractivity contribution < 1.29 is 19.1 Å². The quantitative estimate of drug-likeness (QED) is 0.334. The summed E-state index contributed by atoms with van der Waals surface area (Å²) in [5.74, 6) is 0.719. The van der Waals surface area contributed by atoms with E-state index in [9.17, 15) is 9.59 Å². The van der Waals surface area contributed by atoms with Crippen LogP contribution >= 0.6 is 15.9 Å². The zero-order valence-corrected chi connectivity index (χ0v) is 19.0. The molecule has 0 fully saturated rings. The van der Waals surface area contributed by atoms with E-state index in [1.165, 1.54) is 6.21 Å². The Bertz CT molecular complexity index is 1080. The summed E-state index contributed by atoms with van der Waals surface area (Å²) in [7, 11) is 0. The fourth-order valence-corrected chi connectivity index (χ4v) is 3.06. The normalized spacial score (nSPS) is 10.6. The van der Waals surface area contributed by atoms with Crippen LogP contribution in [0.25, 0.3) is 0 Å². The van der Waals surface area contributed by atoms with Crippen molar-refractivity contribution in [2.75, 3.05) is 18.5 Å². The zero-order valence-electron chi connectivity index (χ0n) is 17.4. The predicted octanol–water partition coefficient (Wildman–Crippen LogP) is 4.63. The van der Waals surface area contributed by atoms with Gasteiger partial charge in [-0.1, -0.05) is 22.0 Å². The summed E-state index contributed by atoms with van der Waals surface area (Å²) in [6.45, 7) is 2.38. The largest absolute Gasteiger partial charge is 0.494 e. The van der Waals surface area contributed by atoms with Crippen LogP contribution in [0.15, 0.2) is 82.4 Å². The van der Waals surface area contributed by atoms with Crippen LogP contribution in [-0.2, 0) is 4.79 Å². The van der Waals surface area contributed by atoms with Gasteiger partial charge in [0.1, 0.15) is 11.5 Å². The maximum absolute atomic E-state index is 12.1. The van der Waals surface area contributed by atoms with Crippen molar-refractivity contribution in [1.82, 2.24) is 5.43 Å². The summed E-state index contributed by atoms with van der Waals surface area (Å²) in [6, 6.07) is 21.2. The second-order valence-electron chi connectivity index (χ2n) is 6.57. The van der Waals surface area contributed by atoms with Crippen LogP contribution in [-0.4, -0.2) is 31.2 Å². The second kappa shape index (κ2) is 11.7. The number of nitrogens with zero attached hydrogens (tertiary/aromatic N) is 1. The highest BCUT2D eigenvalue weighted by Crippen LogP contribution is 2.16. The first kappa shape index (κ1) is 23.0. The molecule has 0 aliphatic rings. The lowest BCUT2D eigenvalue weighted by Gasteiger charge is -2.09. The van der Waals surface area contributed by atoms with Gasteiger partial charge in [0.05, 0.1) is 12.8 Å². The molecule has 0 unspecified atom stereocenters. The Hall–Kier alpha value is -3.65. The average Bonchev–Trinajstić information content (AvgIpc) is 2.80. The first-order chi connectivity index (χ1) is 15.5. The van der Waals surface area contributed by atoms with Crippen LogP contribution < -0.4 is 20.2 Å². The van der Waals surface area contributed by atoms with E-state index >= 15 is 0 Å². The van der Waals surface area contributed by atoms with Crippen molar-refractivity contribution in [2.45, 2.75) is 6.92 Å². The highest BCUT2D eigenvalue weighted by molar-refractivity contribution is 9.10. The lowest BCUT2D eigenvalue weighted by Crippen LogP contribution is -2.20. The molecule has 3 rings (SSSR count). The molecule has 8 heteroatoms. The molecule has 0 aromatic heterocycles. The van der Waals surface area contributed by atoms with Gasteiger partial charge in [-0.25, -0.2) is 5.43 Å². The first-order valence-corrected chi connectivity index (χ1v) is 10.7. The molecule has 0 aliphatic heterocycles. The third-order valence-corrected chi connectivity index (χ3v) is 4.66. The van der Waals surface area contributed by atoms with Crippen molar-refractivity contribution in [3.8, 4) is 11.5 Å². The Balaban J connectivity index is 1.44. The Morgan fingerprint density at radius 1 is 0.969 bits per heavy atom. The summed E-state index contributed by atoms with van der Waals surface area (Å²) < 4.78 is 11.7. The topological polar surface area (TPSA) is 89.0 Å². The molecule has 0 saturated carbocycles. The molecule has 0 spiro atoms. The number of nitrogens with one attached hydrogen (secondary N) is 2. The van der Waals surface area contributed by atoms with Crippen molar-refractivity contribution in [2.24, 2.45) is 5.10 Å². The van der Waals surface area contributed by atoms with Gasteiger partial charge < -0.3 is 14.8 Å². The summed E-state index contributed by atoms with van der Waals surface area (Å²) in [4.78, 5) is 24.1. The van der Waals surface area contributed by atoms with Crippen LogP contribution in [0.1, 0.15) is 22.8 Å². The van der Waals surface area contributed by atoms with Crippen LogP contribution in [0.3, 0.4) is 0 Å². The fraction of sp³-hybridized carbons (Fsp3) is 0.125. The first-order valence-electron chi connectivity index (χ1n) is 9.88. The number of hydrogen-bond donors (Lipinski definition) is 2. The molecule has 2 N–H and O–H groups in total. The number of halogens is 1. The standard InChI is InChI=1S/C24H22BrN3O4/c1-2-31-21-12-8-20(9-13-21)27-23(29)16-32-22-10-6-17(7-11-22)15-26-28-24(30)18-4-3-5-19(25)14-18/h3-15H,2,16H2,1H3,(H,27,29)(H,28,30)/b26-15-. The van der Waals surface area contributed by atoms with Gasteiger partial charge in [-0.05, 0) is 79.2 Å². The van der Waals surface area contributed by atoms with Crippen molar-refractivity contribution >= 4 is 39.6 Å². The van der Waals surface area contributed by atoms with E-state index in [0.29, 0.717) is 23.6 Å². The van der Waals surface area contributed by atoms with Crippen molar-refractivity contribution in [1.29, 1.82) is 0 Å². The number of ether oxygens (including phenoxy) is 2. The number of carbonyl (C=O) groups excluding carboxylic acids is 2. The Morgan fingerprint density at radius 3 is 2.34 bits per heavy atom. The fourth-order valence-electron chi connectivity index (χ4n) is 2.66. The molecule has 3 aromatic carbocycles. The lowest BCUT2D eigenvalue weighted by molar-refractivity contribution is -0.118. The van der Waals surface area contributed by atoms with E-state index < -0.39 is 0 Å². The third-order valence-electron chi connectivity index (χ3n) is 4.17. The third kappa shape index (κ3) is 7.24. The SMILES string of the molecule is CCOc1ccc(NC(=O)COc2ccc(/C=N\NC(=O)c3cccc(Br)c3)cc2)cc1. The van der Waals surface area contributed by atoms with Gasteiger partial charge in [0.2, 0.25) is 0 Å². The van der Waals surface area contributed by atoms with Gasteiger partial charge in [0.25, 0.3) is 11.8 Å². The monoisotopic (exact) mass is 495 g/mol. The number of amides is 2. The van der Waals surface area contributed by atoms with E-state index in [0.717, 1.165) is 15.8 Å². The number of anilines is 1. The number of hydrogen-bond acceptors (Lipinski definition) is 5. The highest BCUT2D eigenvalue weighted by atomic mass is 79.9. The molecule has 0 radical (unpaired) electrons. The maximum Gasteiger partial charge on any atom is 0.271 e. The Labute approximate surface area is 194 Å². The molecule has 0 atom stereocenters. The van der Waals surface area contributed by atoms with E-state index in [1.54, 1.807) is 66.7 Å². The van der Waals surface area contributed by atoms with Crippen LogP contribution in [0, 0.1) is 0 Å². The van der Waals surface area contributed by atoms with E-state index in [2.05, 4.69) is 31.8 Å². The van der Waals surface area contributed by atoms with Crippen LogP contribution in [0.2, 0.25) is 0 Å². The minimum Gasteiger partial charge on any atom is -0.494 e. The van der Waals surface area contributed by atoms with Gasteiger partial charge in [-0.3, -0.25) is 9.59 Å². The minimum atomic E-state index is -0.305. The minimum absolute atomic E-state index is 0.122. The van der Waals surface area contributed by atoms with Gasteiger partial charge in [0, 0.05) is 15.7 Å². The molecule has 0 heterocycles. The molecule has 0 saturated heterocycles. The molecule has 164 valence electrons. The Kier molecular flexibility index (Phi) is 8.39. The predicted molar refractivity (Wildman–Crippen MR) is 127 cm³/mol. The molecule has 32 heavy (non-hydrogen) atoms. The van der Waals surface area contributed by atoms with E-state index in [4.69, 9.17) is 9.47 Å². The molecule has 3 aromatic rings. The number of rotatable bonds is 9. The van der Waals surface area contributed by atoms with E-state index in [-0.39, 0.29) is 18.4 Å². The molecule has 0 aliphatic carbocycles. The van der Waals surface area contributed by atoms with Crippen LogP contribution in [0.5, 0.6) is 11.5 Å². The Morgan fingerprint density at radius 2 is 1.66 bits per heavy atom. The number of benzene rings is 3. The molecule has 0 bridgehead atoms. The number of hydrazone groups is 1. The molecule has 7 nitrogen and oxygen atoms in total. The summed E-state index contributed by atoms with van der Waals surface area (Å²) in [6.07, 6.45) is 1.53. The van der Waals surface area contributed by atoms with Crippen molar-refractivity contribution in [3.05, 3.63) is 88.4 Å². The van der Waals surface area contributed by atoms with Gasteiger partial charge in [-0.15, -0.1) is 0 Å². The molecular formula is C24H22BrN3O4. The second-order valence-corrected chi connectivity index (χ2v) is 7.49. The van der Waals surface area contributed by atoms with Crippen molar-refractivity contribution in [3.63, 3.8) is 0 Å².